The molecule has 0 spiro atoms. The first-order valence-electron chi connectivity index (χ1n) is 10.1. The zero-order valence-corrected chi connectivity index (χ0v) is 19.5. The molecule has 0 atom stereocenters. The molecule has 3 rings (SSSR count). The summed E-state index contributed by atoms with van der Waals surface area (Å²) in [6.45, 7) is 7.18. The number of nitrogens with zero attached hydrogens (tertiary/aromatic N) is 4. The van der Waals surface area contributed by atoms with Gasteiger partial charge in [0.2, 0.25) is 0 Å². The van der Waals surface area contributed by atoms with Crippen molar-refractivity contribution in [2.75, 3.05) is 46.4 Å². The maximum Gasteiger partial charge on any atom is 0.191 e. The standard InChI is InChI=1S/C21H32N6O.HI/c1-22-21(24-9-12-26-14-16-28-17-15-26)25-18-20-23-10-13-27(20)11-5-8-19-6-3-2-4-7-19;/h2-4,6-7,10,13H,5,8-9,11-12,14-18H2,1H3,(H2,22,24,25);1H. The van der Waals surface area contributed by atoms with Crippen molar-refractivity contribution < 1.29 is 4.74 Å². The molecule has 1 aromatic carbocycles. The van der Waals surface area contributed by atoms with E-state index in [9.17, 15) is 0 Å². The summed E-state index contributed by atoms with van der Waals surface area (Å²) < 4.78 is 7.60. The fourth-order valence-electron chi connectivity index (χ4n) is 3.35. The number of imidazole rings is 1. The highest BCUT2D eigenvalue weighted by Crippen LogP contribution is 2.06. The number of morpholine rings is 1. The van der Waals surface area contributed by atoms with Gasteiger partial charge in [-0.25, -0.2) is 4.98 Å². The van der Waals surface area contributed by atoms with Crippen molar-refractivity contribution in [3.63, 3.8) is 0 Å². The van der Waals surface area contributed by atoms with E-state index < -0.39 is 0 Å². The molecule has 1 aromatic heterocycles. The average molecular weight is 512 g/mol. The van der Waals surface area contributed by atoms with E-state index in [-0.39, 0.29) is 24.0 Å². The van der Waals surface area contributed by atoms with Gasteiger partial charge in [-0.1, -0.05) is 30.3 Å². The number of halogens is 1. The van der Waals surface area contributed by atoms with Crippen LogP contribution in [0.3, 0.4) is 0 Å². The molecule has 1 fully saturated rings. The van der Waals surface area contributed by atoms with Gasteiger partial charge in [0.15, 0.2) is 5.96 Å². The highest BCUT2D eigenvalue weighted by atomic mass is 127. The monoisotopic (exact) mass is 512 g/mol. The second kappa shape index (κ2) is 13.6. The molecule has 8 heteroatoms. The van der Waals surface area contributed by atoms with Gasteiger partial charge in [0.25, 0.3) is 0 Å². The van der Waals surface area contributed by atoms with Crippen LogP contribution >= 0.6 is 24.0 Å². The van der Waals surface area contributed by atoms with Gasteiger partial charge in [0.1, 0.15) is 5.82 Å². The lowest BCUT2D eigenvalue weighted by Crippen LogP contribution is -2.44. The van der Waals surface area contributed by atoms with Crippen LogP contribution < -0.4 is 10.6 Å². The summed E-state index contributed by atoms with van der Waals surface area (Å²) in [4.78, 5) is 11.2. The van der Waals surface area contributed by atoms with Gasteiger partial charge >= 0.3 is 0 Å². The van der Waals surface area contributed by atoms with Crippen LogP contribution in [0.2, 0.25) is 0 Å². The van der Waals surface area contributed by atoms with Crippen molar-refractivity contribution >= 4 is 29.9 Å². The van der Waals surface area contributed by atoms with Crippen LogP contribution in [0.15, 0.2) is 47.7 Å². The molecule has 0 saturated carbocycles. The summed E-state index contributed by atoms with van der Waals surface area (Å²) in [5.41, 5.74) is 1.38. The molecule has 160 valence electrons. The number of ether oxygens (including phenoxy) is 1. The van der Waals surface area contributed by atoms with E-state index in [2.05, 4.69) is 66.6 Å². The Labute approximate surface area is 191 Å². The van der Waals surface area contributed by atoms with Crippen molar-refractivity contribution in [1.82, 2.24) is 25.1 Å². The number of rotatable bonds is 9. The molecule has 29 heavy (non-hydrogen) atoms. The molecule has 2 N–H and O–H groups in total. The number of nitrogens with one attached hydrogen (secondary N) is 2. The Kier molecular flexibility index (Phi) is 11.0. The van der Waals surface area contributed by atoms with Gasteiger partial charge in [-0.05, 0) is 18.4 Å². The first kappa shape index (κ1) is 23.6. The first-order valence-corrected chi connectivity index (χ1v) is 10.1. The Hall–Kier alpha value is -1.65. The van der Waals surface area contributed by atoms with E-state index in [1.807, 2.05) is 6.20 Å². The maximum atomic E-state index is 5.38. The predicted octanol–water partition coefficient (Wildman–Crippen LogP) is 2.13. The lowest BCUT2D eigenvalue weighted by Gasteiger charge is -2.26. The van der Waals surface area contributed by atoms with Crippen LogP contribution in [0.5, 0.6) is 0 Å². The average Bonchev–Trinajstić information content (AvgIpc) is 3.19. The maximum absolute atomic E-state index is 5.38. The number of aryl methyl sites for hydroxylation is 2. The molecule has 2 aromatic rings. The zero-order chi connectivity index (χ0) is 19.4. The Morgan fingerprint density at radius 1 is 1.14 bits per heavy atom. The fourth-order valence-corrected chi connectivity index (χ4v) is 3.35. The van der Waals surface area contributed by atoms with Crippen molar-refractivity contribution in [2.45, 2.75) is 25.9 Å². The molecule has 0 radical (unpaired) electrons. The number of guanidine groups is 1. The summed E-state index contributed by atoms with van der Waals surface area (Å²) in [6, 6.07) is 10.6. The topological polar surface area (TPSA) is 66.7 Å². The number of hydrogen-bond acceptors (Lipinski definition) is 4. The molecule has 2 heterocycles. The lowest BCUT2D eigenvalue weighted by atomic mass is 10.1. The first-order chi connectivity index (χ1) is 13.8. The SMILES string of the molecule is CN=C(NCCN1CCOCC1)NCc1nccn1CCCc1ccccc1.I. The minimum atomic E-state index is 0. The Morgan fingerprint density at radius 2 is 1.93 bits per heavy atom. The predicted molar refractivity (Wildman–Crippen MR) is 128 cm³/mol. The van der Waals surface area contributed by atoms with Crippen molar-refractivity contribution in [1.29, 1.82) is 0 Å². The Morgan fingerprint density at radius 3 is 2.69 bits per heavy atom. The van der Waals surface area contributed by atoms with E-state index in [0.717, 1.165) is 70.6 Å². The van der Waals surface area contributed by atoms with E-state index in [1.54, 1.807) is 7.05 Å². The Bertz CT molecular complexity index is 715. The normalized spacial score (nSPS) is 15.0. The van der Waals surface area contributed by atoms with Crippen LogP contribution in [-0.4, -0.2) is 66.9 Å². The highest BCUT2D eigenvalue weighted by Gasteiger charge is 2.10. The minimum absolute atomic E-state index is 0. The van der Waals surface area contributed by atoms with Gasteiger partial charge in [-0.3, -0.25) is 9.89 Å². The van der Waals surface area contributed by atoms with Crippen LogP contribution in [0.25, 0.3) is 0 Å². The molecular weight excluding hydrogens is 479 g/mol. The van der Waals surface area contributed by atoms with Crippen molar-refractivity contribution in [2.24, 2.45) is 4.99 Å². The van der Waals surface area contributed by atoms with E-state index in [1.165, 1.54) is 5.56 Å². The van der Waals surface area contributed by atoms with Gasteiger partial charge in [0.05, 0.1) is 19.8 Å². The summed E-state index contributed by atoms with van der Waals surface area (Å²) in [6.07, 6.45) is 6.10. The molecule has 1 saturated heterocycles. The third kappa shape index (κ3) is 8.31. The summed E-state index contributed by atoms with van der Waals surface area (Å²) in [5, 5.41) is 6.75. The smallest absolute Gasteiger partial charge is 0.191 e. The van der Waals surface area contributed by atoms with Crippen molar-refractivity contribution in [3.05, 3.63) is 54.1 Å². The van der Waals surface area contributed by atoms with Crippen LogP contribution in [-0.2, 0) is 24.2 Å². The zero-order valence-electron chi connectivity index (χ0n) is 17.2. The second-order valence-electron chi connectivity index (χ2n) is 6.93. The number of aliphatic imine (C=N–C) groups is 1. The summed E-state index contributed by atoms with van der Waals surface area (Å²) >= 11 is 0. The third-order valence-corrected chi connectivity index (χ3v) is 4.97. The van der Waals surface area contributed by atoms with Gasteiger partial charge in [-0.15, -0.1) is 24.0 Å². The number of benzene rings is 1. The number of aromatic nitrogens is 2. The van der Waals surface area contributed by atoms with Crippen LogP contribution in [0, 0.1) is 0 Å². The molecule has 0 amide bonds. The lowest BCUT2D eigenvalue weighted by molar-refractivity contribution is 0.0389. The van der Waals surface area contributed by atoms with Crippen molar-refractivity contribution in [3.8, 4) is 0 Å². The van der Waals surface area contributed by atoms with Crippen LogP contribution in [0.4, 0.5) is 0 Å². The van der Waals surface area contributed by atoms with E-state index >= 15 is 0 Å². The molecule has 0 bridgehead atoms. The van der Waals surface area contributed by atoms with Crippen LogP contribution in [0.1, 0.15) is 17.8 Å². The molecule has 0 unspecified atom stereocenters. The highest BCUT2D eigenvalue weighted by molar-refractivity contribution is 14.0. The largest absolute Gasteiger partial charge is 0.379 e. The van der Waals surface area contributed by atoms with Gasteiger partial charge in [-0.2, -0.15) is 0 Å². The number of hydrogen-bond donors (Lipinski definition) is 2. The third-order valence-electron chi connectivity index (χ3n) is 4.97. The van der Waals surface area contributed by atoms with Gasteiger partial charge < -0.3 is 19.9 Å². The molecule has 1 aliphatic heterocycles. The van der Waals surface area contributed by atoms with E-state index in [0.29, 0.717) is 6.54 Å². The second-order valence-corrected chi connectivity index (χ2v) is 6.93. The quantitative estimate of drug-likeness (QED) is 0.306. The van der Waals surface area contributed by atoms with E-state index in [4.69, 9.17) is 4.74 Å². The summed E-state index contributed by atoms with van der Waals surface area (Å²) in [5.74, 6) is 1.84. The molecule has 1 aliphatic rings. The minimum Gasteiger partial charge on any atom is -0.379 e. The Balaban J connectivity index is 0.00000300. The molecular formula is C21H33IN6O. The summed E-state index contributed by atoms with van der Waals surface area (Å²) in [7, 11) is 1.80. The molecule has 0 aliphatic carbocycles. The molecule has 7 nitrogen and oxygen atoms in total. The fraction of sp³-hybridized carbons (Fsp3) is 0.524. The van der Waals surface area contributed by atoms with Gasteiger partial charge in [0, 0.05) is 52.2 Å².